The van der Waals surface area contributed by atoms with E-state index in [1.54, 1.807) is 36.9 Å². The number of aryl methyl sites for hydroxylation is 1. The molecule has 3 aromatic rings. The lowest BCUT2D eigenvalue weighted by Gasteiger charge is -2.33. The molecular formula is C32H33N2O2S2+. The number of anilines is 1. The van der Waals surface area contributed by atoms with Gasteiger partial charge in [0.1, 0.15) is 22.8 Å². The standard InChI is InChI=1S/C32H33N2O2S2/c1-5-33-26-11-7-9-13-28(26)37-30(33)17-15-24-19-25(21-32(20-24,22(3)35)23(4)36)16-18-31-34(6-2)27-12-8-10-14-29(27)38-31/h7-19H,5-6,20-21H2,1-4H3/q+1. The Morgan fingerprint density at radius 2 is 1.71 bits per heavy atom. The Morgan fingerprint density at radius 3 is 2.45 bits per heavy atom. The number of Topliss-reactive ketones (excluding diaryl/α,β-unsaturated/α-hetero) is 2. The van der Waals surface area contributed by atoms with Crippen LogP contribution >= 0.6 is 23.1 Å². The van der Waals surface area contributed by atoms with Gasteiger partial charge in [0, 0.05) is 23.6 Å². The number of thioether (sulfide) groups is 1. The number of carbonyl (C=O) groups excluding carboxylic acids is 2. The molecule has 2 heterocycles. The number of ketones is 2. The molecule has 194 valence electrons. The van der Waals surface area contributed by atoms with Crippen LogP contribution in [0.4, 0.5) is 5.69 Å². The van der Waals surface area contributed by atoms with Crippen molar-refractivity contribution in [3.63, 3.8) is 0 Å². The average molecular weight is 542 g/mol. The molecular weight excluding hydrogens is 508 g/mol. The minimum Gasteiger partial charge on any atom is -0.335 e. The number of allylic oxidation sites excluding steroid dienone is 6. The zero-order chi connectivity index (χ0) is 26.9. The zero-order valence-corrected chi connectivity index (χ0v) is 24.0. The number of aromatic nitrogens is 1. The summed E-state index contributed by atoms with van der Waals surface area (Å²) in [5, 5.41) is 2.31. The third-order valence-electron chi connectivity index (χ3n) is 7.52. The number of benzene rings is 2. The molecule has 1 aliphatic heterocycles. The number of hydrogen-bond acceptors (Lipinski definition) is 5. The molecule has 0 N–H and O–H groups in total. The van der Waals surface area contributed by atoms with Crippen molar-refractivity contribution in [1.82, 2.24) is 0 Å². The van der Waals surface area contributed by atoms with Crippen molar-refractivity contribution in [1.29, 1.82) is 0 Å². The molecule has 0 spiro atoms. The van der Waals surface area contributed by atoms with Crippen molar-refractivity contribution in [3.8, 4) is 0 Å². The molecule has 0 unspecified atom stereocenters. The predicted molar refractivity (Wildman–Crippen MR) is 159 cm³/mol. The van der Waals surface area contributed by atoms with Crippen LogP contribution in [0.2, 0.25) is 0 Å². The molecule has 5 rings (SSSR count). The second-order valence-electron chi connectivity index (χ2n) is 9.81. The molecule has 0 atom stereocenters. The van der Waals surface area contributed by atoms with E-state index in [1.165, 1.54) is 20.8 Å². The molecule has 1 aromatic heterocycles. The summed E-state index contributed by atoms with van der Waals surface area (Å²) in [4.78, 5) is 29.4. The summed E-state index contributed by atoms with van der Waals surface area (Å²) in [6, 6.07) is 16.9. The van der Waals surface area contributed by atoms with Crippen LogP contribution in [0.1, 0.15) is 45.5 Å². The van der Waals surface area contributed by atoms with Gasteiger partial charge in [0.25, 0.3) is 5.01 Å². The number of carbonyl (C=O) groups is 2. The molecule has 1 aliphatic carbocycles. The summed E-state index contributed by atoms with van der Waals surface area (Å²) < 4.78 is 3.55. The number of rotatable bonds is 7. The molecule has 2 aromatic carbocycles. The number of thiazole rings is 1. The van der Waals surface area contributed by atoms with Gasteiger partial charge in [0.2, 0.25) is 5.52 Å². The third kappa shape index (κ3) is 4.83. The molecule has 0 saturated carbocycles. The normalized spacial score (nSPS) is 18.9. The van der Waals surface area contributed by atoms with Crippen molar-refractivity contribution in [3.05, 3.63) is 94.0 Å². The van der Waals surface area contributed by atoms with Crippen LogP contribution in [0.15, 0.2) is 93.9 Å². The van der Waals surface area contributed by atoms with Crippen molar-refractivity contribution in [2.45, 2.75) is 52.0 Å². The van der Waals surface area contributed by atoms with E-state index in [4.69, 9.17) is 0 Å². The highest BCUT2D eigenvalue weighted by Gasteiger charge is 2.43. The quantitative estimate of drug-likeness (QED) is 0.229. The summed E-state index contributed by atoms with van der Waals surface area (Å²) >= 11 is 3.51. The zero-order valence-electron chi connectivity index (χ0n) is 22.4. The van der Waals surface area contributed by atoms with Gasteiger partial charge in [-0.05, 0) is 76.0 Å². The van der Waals surface area contributed by atoms with Crippen LogP contribution < -0.4 is 9.47 Å². The van der Waals surface area contributed by atoms with Gasteiger partial charge in [-0.15, -0.1) is 0 Å². The van der Waals surface area contributed by atoms with Gasteiger partial charge in [-0.25, -0.2) is 0 Å². The van der Waals surface area contributed by atoms with Gasteiger partial charge in [0.05, 0.1) is 16.1 Å². The Labute approximate surface area is 233 Å². The fourth-order valence-electron chi connectivity index (χ4n) is 5.42. The first-order valence-electron chi connectivity index (χ1n) is 13.1. The third-order valence-corrected chi connectivity index (χ3v) is 9.78. The predicted octanol–water partition coefficient (Wildman–Crippen LogP) is 7.51. The summed E-state index contributed by atoms with van der Waals surface area (Å²) in [5.41, 5.74) is 3.43. The van der Waals surface area contributed by atoms with Crippen molar-refractivity contribution in [2.24, 2.45) is 5.41 Å². The minimum absolute atomic E-state index is 0.0640. The molecule has 38 heavy (non-hydrogen) atoms. The van der Waals surface area contributed by atoms with Crippen LogP contribution in [0.5, 0.6) is 0 Å². The number of fused-ring (bicyclic) bond motifs is 2. The molecule has 0 amide bonds. The SMILES string of the molecule is CCN1/C(=C/C=C2C=C(/C=C/c3sc4ccccc4[n+]3CC)CC(C(C)=O)(C(C)=O)C/2)Sc2ccccc21. The molecule has 2 aliphatic rings. The Kier molecular flexibility index (Phi) is 7.55. The lowest BCUT2D eigenvalue weighted by molar-refractivity contribution is -0.665. The number of para-hydroxylation sites is 2. The average Bonchev–Trinajstić information content (AvgIpc) is 3.47. The fourth-order valence-corrected chi connectivity index (χ4v) is 7.68. The van der Waals surface area contributed by atoms with E-state index < -0.39 is 5.41 Å². The molecule has 0 saturated heterocycles. The minimum atomic E-state index is -1.02. The van der Waals surface area contributed by atoms with Crippen LogP contribution in [-0.2, 0) is 16.1 Å². The highest BCUT2D eigenvalue weighted by Crippen LogP contribution is 2.46. The second-order valence-corrected chi connectivity index (χ2v) is 11.9. The topological polar surface area (TPSA) is 41.3 Å². The first-order chi connectivity index (χ1) is 18.4. The molecule has 0 bridgehead atoms. The maximum absolute atomic E-state index is 12.9. The first kappa shape index (κ1) is 26.4. The van der Waals surface area contributed by atoms with E-state index in [0.717, 1.165) is 34.3 Å². The monoisotopic (exact) mass is 541 g/mol. The van der Waals surface area contributed by atoms with Crippen molar-refractivity contribution in [2.75, 3.05) is 11.4 Å². The van der Waals surface area contributed by atoms with Crippen LogP contribution in [0, 0.1) is 5.41 Å². The van der Waals surface area contributed by atoms with Gasteiger partial charge in [-0.3, -0.25) is 9.59 Å². The van der Waals surface area contributed by atoms with Crippen LogP contribution in [0.25, 0.3) is 16.3 Å². The van der Waals surface area contributed by atoms with Gasteiger partial charge in [-0.1, -0.05) is 65.6 Å². The smallest absolute Gasteiger partial charge is 0.262 e. The van der Waals surface area contributed by atoms with E-state index in [0.29, 0.717) is 12.8 Å². The van der Waals surface area contributed by atoms with Gasteiger partial charge >= 0.3 is 0 Å². The summed E-state index contributed by atoms with van der Waals surface area (Å²) in [5.74, 6) is -0.128. The van der Waals surface area contributed by atoms with E-state index in [-0.39, 0.29) is 11.6 Å². The summed E-state index contributed by atoms with van der Waals surface area (Å²) in [6.07, 6.45) is 11.5. The van der Waals surface area contributed by atoms with Crippen molar-refractivity contribution >= 4 is 56.6 Å². The number of hydrogen-bond donors (Lipinski definition) is 0. The highest BCUT2D eigenvalue weighted by molar-refractivity contribution is 8.03. The lowest BCUT2D eigenvalue weighted by atomic mass is 9.67. The second kappa shape index (κ2) is 10.9. The first-order valence-corrected chi connectivity index (χ1v) is 14.8. The highest BCUT2D eigenvalue weighted by atomic mass is 32.2. The molecule has 0 fully saturated rings. The van der Waals surface area contributed by atoms with Gasteiger partial charge in [0.15, 0.2) is 0 Å². The Morgan fingerprint density at radius 1 is 0.974 bits per heavy atom. The van der Waals surface area contributed by atoms with E-state index in [9.17, 15) is 9.59 Å². The van der Waals surface area contributed by atoms with Gasteiger partial charge < -0.3 is 4.90 Å². The largest absolute Gasteiger partial charge is 0.335 e. The molecule has 6 heteroatoms. The van der Waals surface area contributed by atoms with Crippen molar-refractivity contribution < 1.29 is 14.2 Å². The summed E-state index contributed by atoms with van der Waals surface area (Å²) in [7, 11) is 0. The van der Waals surface area contributed by atoms with E-state index in [1.807, 2.05) is 0 Å². The lowest BCUT2D eigenvalue weighted by Crippen LogP contribution is -2.39. The van der Waals surface area contributed by atoms with E-state index >= 15 is 0 Å². The Hall–Kier alpha value is -3.22. The summed E-state index contributed by atoms with van der Waals surface area (Å²) in [6.45, 7) is 9.17. The van der Waals surface area contributed by atoms with Crippen LogP contribution in [0.3, 0.4) is 0 Å². The van der Waals surface area contributed by atoms with E-state index in [2.05, 4.69) is 102 Å². The number of nitrogens with zero attached hydrogens (tertiary/aromatic N) is 2. The maximum Gasteiger partial charge on any atom is 0.262 e. The Balaban J connectivity index is 1.52. The molecule has 4 nitrogen and oxygen atoms in total. The fraction of sp³-hybridized carbons (Fsp3) is 0.281. The van der Waals surface area contributed by atoms with Crippen LogP contribution in [-0.4, -0.2) is 18.1 Å². The Bertz CT molecular complexity index is 1530. The van der Waals surface area contributed by atoms with Gasteiger partial charge in [-0.2, -0.15) is 4.57 Å². The molecule has 0 radical (unpaired) electrons. The maximum atomic E-state index is 12.9.